The van der Waals surface area contributed by atoms with Gasteiger partial charge in [-0.2, -0.15) is 5.10 Å². The minimum atomic E-state index is -0.269. The van der Waals surface area contributed by atoms with Crippen molar-refractivity contribution in [2.75, 3.05) is 0 Å². The van der Waals surface area contributed by atoms with Crippen LogP contribution in [-0.4, -0.2) is 17.2 Å². The van der Waals surface area contributed by atoms with Crippen LogP contribution in [0.15, 0.2) is 52.0 Å². The van der Waals surface area contributed by atoms with Gasteiger partial charge in [-0.15, -0.1) is 0 Å². The Bertz CT molecular complexity index is 636. The molecule has 0 saturated carbocycles. The topological polar surface area (TPSA) is 61.7 Å². The smallest absolute Gasteiger partial charge is 0.271 e. The summed E-state index contributed by atoms with van der Waals surface area (Å²) in [5.41, 5.74) is 3.77. The summed E-state index contributed by atoms with van der Waals surface area (Å²) in [5.74, 6) is -0.0783. The molecule has 2 rings (SSSR count). The van der Waals surface area contributed by atoms with Crippen LogP contribution in [0.25, 0.3) is 0 Å². The van der Waals surface area contributed by atoms with Gasteiger partial charge in [0.15, 0.2) is 0 Å². The van der Waals surface area contributed by atoms with Crippen LogP contribution in [0.3, 0.4) is 0 Å². The maximum absolute atomic E-state index is 11.7. The van der Waals surface area contributed by atoms with Crippen molar-refractivity contribution in [3.63, 3.8) is 0 Å². The second kappa shape index (κ2) is 6.85. The van der Waals surface area contributed by atoms with Crippen LogP contribution in [-0.2, 0) is 0 Å². The second-order valence-electron chi connectivity index (χ2n) is 3.90. The third-order valence-corrected chi connectivity index (χ3v) is 3.88. The zero-order valence-electron chi connectivity index (χ0n) is 10.2. The molecular weight excluding hydrogens is 435 g/mol. The fourth-order valence-electron chi connectivity index (χ4n) is 1.48. The summed E-state index contributed by atoms with van der Waals surface area (Å²) >= 11 is 5.27. The molecule has 0 aromatic heterocycles. The van der Waals surface area contributed by atoms with Gasteiger partial charge in [-0.3, -0.25) is 4.79 Å². The molecule has 6 heteroatoms. The number of nitrogens with one attached hydrogen (secondary N) is 1. The Hall–Kier alpha value is -1.41. The van der Waals surface area contributed by atoms with E-state index in [1.807, 2.05) is 28.7 Å². The monoisotopic (exact) mass is 444 g/mol. The first-order valence-electron chi connectivity index (χ1n) is 5.64. The van der Waals surface area contributed by atoms with Gasteiger partial charge in [-0.05, 0) is 68.3 Å². The molecule has 102 valence electrons. The molecular formula is C14H10BrIN2O2. The quantitative estimate of drug-likeness (QED) is 0.432. The minimum Gasteiger partial charge on any atom is -0.506 e. The Kier molecular flexibility index (Phi) is 5.13. The molecule has 0 radical (unpaired) electrons. The fourth-order valence-corrected chi connectivity index (χ4v) is 2.98. The number of phenolic OH excluding ortho intramolecular Hbond substituents is 1. The van der Waals surface area contributed by atoms with E-state index in [0.29, 0.717) is 13.6 Å². The van der Waals surface area contributed by atoms with Gasteiger partial charge in [0, 0.05) is 5.56 Å². The van der Waals surface area contributed by atoms with E-state index in [2.05, 4.69) is 26.5 Å². The lowest BCUT2D eigenvalue weighted by Crippen LogP contribution is -2.17. The number of carbonyl (C=O) groups excluding carboxylic acids is 1. The number of hydrogen-bond acceptors (Lipinski definition) is 3. The minimum absolute atomic E-state index is 0.191. The van der Waals surface area contributed by atoms with E-state index in [0.717, 1.165) is 5.56 Å². The Morgan fingerprint density at radius 1 is 1.30 bits per heavy atom. The number of carbonyl (C=O) groups is 1. The van der Waals surface area contributed by atoms with Gasteiger partial charge in [0.05, 0.1) is 14.3 Å². The third kappa shape index (κ3) is 3.80. The highest BCUT2D eigenvalue weighted by Gasteiger charge is 2.05. The van der Waals surface area contributed by atoms with Crippen LogP contribution >= 0.6 is 38.5 Å². The summed E-state index contributed by atoms with van der Waals surface area (Å²) in [6.07, 6.45) is 1.52. The molecule has 0 fully saturated rings. The van der Waals surface area contributed by atoms with Crippen molar-refractivity contribution in [2.24, 2.45) is 5.10 Å². The Labute approximate surface area is 138 Å². The zero-order valence-corrected chi connectivity index (χ0v) is 13.9. The van der Waals surface area contributed by atoms with Gasteiger partial charge in [0.1, 0.15) is 5.75 Å². The van der Waals surface area contributed by atoms with E-state index >= 15 is 0 Å². The number of phenols is 1. The van der Waals surface area contributed by atoms with E-state index < -0.39 is 0 Å². The maximum Gasteiger partial charge on any atom is 0.271 e. The Morgan fingerprint density at radius 2 is 2.00 bits per heavy atom. The lowest BCUT2D eigenvalue weighted by atomic mass is 10.2. The summed E-state index contributed by atoms with van der Waals surface area (Å²) < 4.78 is 1.29. The molecule has 2 N–H and O–H groups in total. The summed E-state index contributed by atoms with van der Waals surface area (Å²) in [6.45, 7) is 0. The van der Waals surface area contributed by atoms with E-state index in [1.54, 1.807) is 36.4 Å². The lowest BCUT2D eigenvalue weighted by molar-refractivity contribution is 0.0955. The van der Waals surface area contributed by atoms with Crippen LogP contribution in [0, 0.1) is 3.57 Å². The number of benzene rings is 2. The highest BCUT2D eigenvalue weighted by Crippen LogP contribution is 2.29. The summed E-state index contributed by atoms with van der Waals surface area (Å²) in [4.78, 5) is 11.7. The van der Waals surface area contributed by atoms with Crippen molar-refractivity contribution < 1.29 is 9.90 Å². The molecule has 0 unspecified atom stereocenters. The van der Waals surface area contributed by atoms with Gasteiger partial charge in [-0.1, -0.05) is 18.2 Å². The number of halogens is 2. The van der Waals surface area contributed by atoms with Gasteiger partial charge >= 0.3 is 0 Å². The highest BCUT2D eigenvalue weighted by molar-refractivity contribution is 14.1. The number of nitrogens with zero attached hydrogens (tertiary/aromatic N) is 1. The maximum atomic E-state index is 11.7. The fraction of sp³-hybridized carbons (Fsp3) is 0. The predicted octanol–water partition coefficient (Wildman–Crippen LogP) is 3.52. The highest BCUT2D eigenvalue weighted by atomic mass is 127. The number of rotatable bonds is 3. The van der Waals surface area contributed by atoms with Crippen molar-refractivity contribution in [2.45, 2.75) is 0 Å². The molecule has 20 heavy (non-hydrogen) atoms. The molecule has 0 saturated heterocycles. The molecule has 0 atom stereocenters. The molecule has 2 aromatic carbocycles. The van der Waals surface area contributed by atoms with Crippen molar-refractivity contribution in [1.82, 2.24) is 5.43 Å². The summed E-state index contributed by atoms with van der Waals surface area (Å²) in [6, 6.07) is 12.3. The number of hydrogen-bond donors (Lipinski definition) is 2. The van der Waals surface area contributed by atoms with Crippen LogP contribution in [0.4, 0.5) is 0 Å². The van der Waals surface area contributed by atoms with Gasteiger partial charge in [0.2, 0.25) is 0 Å². The Balaban J connectivity index is 2.06. The first kappa shape index (κ1) is 15.0. The van der Waals surface area contributed by atoms with Gasteiger partial charge in [-0.25, -0.2) is 5.43 Å². The first-order valence-corrected chi connectivity index (χ1v) is 7.51. The van der Waals surface area contributed by atoms with E-state index in [-0.39, 0.29) is 11.7 Å². The average Bonchev–Trinajstić information content (AvgIpc) is 2.45. The number of aromatic hydroxyl groups is 1. The standard InChI is InChI=1S/C14H10BrIN2O2/c15-11-6-9(7-12(16)13(11)19)8-17-18-14(20)10-4-2-1-3-5-10/h1-8,19H,(H,18,20). The largest absolute Gasteiger partial charge is 0.506 e. The van der Waals surface area contributed by atoms with Crippen LogP contribution in [0.5, 0.6) is 5.75 Å². The van der Waals surface area contributed by atoms with Gasteiger partial charge in [0.25, 0.3) is 5.91 Å². The normalized spacial score (nSPS) is 10.7. The molecule has 0 aliphatic carbocycles. The van der Waals surface area contributed by atoms with Crippen molar-refractivity contribution in [3.05, 3.63) is 61.6 Å². The number of hydrazone groups is 1. The molecule has 0 spiro atoms. The van der Waals surface area contributed by atoms with Crippen LogP contribution in [0.2, 0.25) is 0 Å². The second-order valence-corrected chi connectivity index (χ2v) is 5.91. The van der Waals surface area contributed by atoms with Crippen molar-refractivity contribution >= 4 is 50.6 Å². The molecule has 0 aliphatic heterocycles. The van der Waals surface area contributed by atoms with Crippen LogP contribution in [0.1, 0.15) is 15.9 Å². The molecule has 4 nitrogen and oxygen atoms in total. The zero-order chi connectivity index (χ0) is 14.5. The van der Waals surface area contributed by atoms with Crippen molar-refractivity contribution in [1.29, 1.82) is 0 Å². The molecule has 0 heterocycles. The van der Waals surface area contributed by atoms with Gasteiger partial charge < -0.3 is 5.11 Å². The SMILES string of the molecule is O=C(NN=Cc1cc(Br)c(O)c(I)c1)c1ccccc1. The van der Waals surface area contributed by atoms with E-state index in [4.69, 9.17) is 0 Å². The average molecular weight is 445 g/mol. The Morgan fingerprint density at radius 3 is 2.65 bits per heavy atom. The lowest BCUT2D eigenvalue weighted by Gasteiger charge is -2.02. The first-order chi connectivity index (χ1) is 9.58. The summed E-state index contributed by atoms with van der Waals surface area (Å²) in [7, 11) is 0. The molecule has 2 aromatic rings. The molecule has 1 amide bonds. The molecule has 0 bridgehead atoms. The van der Waals surface area contributed by atoms with Crippen LogP contribution < -0.4 is 5.43 Å². The predicted molar refractivity (Wildman–Crippen MR) is 90.0 cm³/mol. The van der Waals surface area contributed by atoms with E-state index in [9.17, 15) is 9.90 Å². The summed E-state index contributed by atoms with van der Waals surface area (Å²) in [5, 5.41) is 13.5. The molecule has 0 aliphatic rings. The van der Waals surface area contributed by atoms with E-state index in [1.165, 1.54) is 6.21 Å². The third-order valence-electron chi connectivity index (χ3n) is 2.45. The number of amides is 1. The van der Waals surface area contributed by atoms with Crippen molar-refractivity contribution in [3.8, 4) is 5.75 Å².